The van der Waals surface area contributed by atoms with Crippen molar-refractivity contribution in [1.82, 2.24) is 0 Å². The second-order valence-electron chi connectivity index (χ2n) is 5.19. The Kier molecular flexibility index (Phi) is 6.58. The van der Waals surface area contributed by atoms with Gasteiger partial charge in [-0.05, 0) is 11.8 Å². The van der Waals surface area contributed by atoms with Crippen molar-refractivity contribution in [2.24, 2.45) is 10.8 Å². The van der Waals surface area contributed by atoms with Crippen LogP contribution in [0.5, 0.6) is 0 Å². The minimum atomic E-state index is -1.20. The quantitative estimate of drug-likeness (QED) is 0.593. The van der Waals surface area contributed by atoms with Gasteiger partial charge in [-0.1, -0.05) is 39.0 Å². The summed E-state index contributed by atoms with van der Waals surface area (Å²) in [6, 6.07) is 0. The molecule has 0 amide bonds. The van der Waals surface area contributed by atoms with Gasteiger partial charge in [-0.3, -0.25) is 0 Å². The first-order valence-electron chi connectivity index (χ1n) is 6.33. The molecule has 0 fully saturated rings. The molecule has 0 aromatic carbocycles. The normalized spacial score (nSPS) is 15.6. The van der Waals surface area contributed by atoms with E-state index in [0.29, 0.717) is 6.42 Å². The summed E-state index contributed by atoms with van der Waals surface area (Å²) in [4.78, 5) is 32.3. The lowest BCUT2D eigenvalue weighted by atomic mass is 9.63. The summed E-state index contributed by atoms with van der Waals surface area (Å²) in [5, 5.41) is 26.4. The van der Waals surface area contributed by atoms with Crippen molar-refractivity contribution >= 4 is 17.9 Å². The minimum Gasteiger partial charge on any atom is -0.478 e. The van der Waals surface area contributed by atoms with Crippen LogP contribution in [-0.2, 0) is 14.4 Å². The van der Waals surface area contributed by atoms with Gasteiger partial charge in [0.2, 0.25) is 0 Å². The maximum atomic E-state index is 10.8. The molecular weight excluding hydrogens is 276 g/mol. The number of carboxylic acids is 3. The van der Waals surface area contributed by atoms with Crippen LogP contribution in [0.1, 0.15) is 27.2 Å². The van der Waals surface area contributed by atoms with Crippen molar-refractivity contribution in [3.63, 3.8) is 0 Å². The molecule has 116 valence electrons. The highest BCUT2D eigenvalue weighted by Crippen LogP contribution is 2.45. The van der Waals surface area contributed by atoms with E-state index in [9.17, 15) is 14.4 Å². The monoisotopic (exact) mass is 296 g/mol. The molecule has 0 aliphatic carbocycles. The van der Waals surface area contributed by atoms with Gasteiger partial charge >= 0.3 is 17.9 Å². The highest BCUT2D eigenvalue weighted by atomic mass is 16.4. The number of rotatable bonds is 8. The van der Waals surface area contributed by atoms with Crippen LogP contribution >= 0.6 is 0 Å². The summed E-state index contributed by atoms with van der Waals surface area (Å²) in [5.74, 6) is -3.59. The van der Waals surface area contributed by atoms with E-state index < -0.39 is 28.7 Å². The smallest absolute Gasteiger partial charge is 0.328 e. The molecule has 0 bridgehead atoms. The first kappa shape index (κ1) is 18.6. The molecule has 0 rings (SSSR count). The van der Waals surface area contributed by atoms with Gasteiger partial charge in [0.05, 0.1) is 0 Å². The molecule has 6 nitrogen and oxygen atoms in total. The first-order valence-corrected chi connectivity index (χ1v) is 6.33. The van der Waals surface area contributed by atoms with Gasteiger partial charge in [0, 0.05) is 23.6 Å². The molecule has 0 heterocycles. The Hall–Kier alpha value is -2.37. The van der Waals surface area contributed by atoms with Crippen LogP contribution in [0, 0.1) is 10.8 Å². The molecule has 0 radical (unpaired) electrons. The van der Waals surface area contributed by atoms with Gasteiger partial charge in [-0.15, -0.1) is 0 Å². The molecule has 0 aromatic heterocycles. The predicted octanol–water partition coefficient (Wildman–Crippen LogP) is 2.33. The molecule has 6 heteroatoms. The zero-order chi connectivity index (χ0) is 16.7. The first-order chi connectivity index (χ1) is 9.56. The Bertz CT molecular complexity index is 436. The van der Waals surface area contributed by atoms with Crippen molar-refractivity contribution in [2.45, 2.75) is 27.2 Å². The maximum absolute atomic E-state index is 10.8. The van der Waals surface area contributed by atoms with Crippen LogP contribution in [0.15, 0.2) is 36.5 Å². The second-order valence-corrected chi connectivity index (χ2v) is 5.19. The Morgan fingerprint density at radius 3 is 1.29 bits per heavy atom. The topological polar surface area (TPSA) is 112 Å². The fourth-order valence-electron chi connectivity index (χ4n) is 1.78. The zero-order valence-electron chi connectivity index (χ0n) is 12.2. The number of carboxylic acid groups (broad SMARTS) is 3. The van der Waals surface area contributed by atoms with Crippen LogP contribution in [-0.4, -0.2) is 33.2 Å². The van der Waals surface area contributed by atoms with Gasteiger partial charge < -0.3 is 15.3 Å². The van der Waals surface area contributed by atoms with E-state index in [1.165, 1.54) is 18.2 Å². The van der Waals surface area contributed by atoms with E-state index >= 15 is 0 Å². The van der Waals surface area contributed by atoms with E-state index in [2.05, 4.69) is 0 Å². The summed E-state index contributed by atoms with van der Waals surface area (Å²) in [6.45, 7) is 5.46. The summed E-state index contributed by atoms with van der Waals surface area (Å²) in [6.07, 6.45) is 7.14. The van der Waals surface area contributed by atoms with E-state index in [0.717, 1.165) is 18.2 Å². The van der Waals surface area contributed by atoms with Crippen LogP contribution in [0.4, 0.5) is 0 Å². The number of hydrogen-bond donors (Lipinski definition) is 3. The standard InChI is InChI=1S/C15H20O6/c1-4-14(2,3)15(8-5-11(16)17,9-6-12(18)19)10-7-13(20)21/h5-10H,4H2,1-3H3,(H,16,17)(H,18,19)(H,20,21). The van der Waals surface area contributed by atoms with Crippen LogP contribution < -0.4 is 0 Å². The fraction of sp³-hybridized carbons (Fsp3) is 0.400. The summed E-state index contributed by atoms with van der Waals surface area (Å²) < 4.78 is 0. The molecule has 21 heavy (non-hydrogen) atoms. The molecule has 0 aromatic rings. The Balaban J connectivity index is 6.12. The third-order valence-corrected chi connectivity index (χ3v) is 3.56. The van der Waals surface area contributed by atoms with E-state index in [1.54, 1.807) is 13.8 Å². The fourth-order valence-corrected chi connectivity index (χ4v) is 1.78. The zero-order valence-corrected chi connectivity index (χ0v) is 12.2. The van der Waals surface area contributed by atoms with Gasteiger partial charge in [-0.25, -0.2) is 14.4 Å². The van der Waals surface area contributed by atoms with Crippen molar-refractivity contribution in [2.75, 3.05) is 0 Å². The van der Waals surface area contributed by atoms with Gasteiger partial charge in [-0.2, -0.15) is 0 Å². The van der Waals surface area contributed by atoms with Crippen LogP contribution in [0.3, 0.4) is 0 Å². The molecule has 3 N–H and O–H groups in total. The van der Waals surface area contributed by atoms with Crippen molar-refractivity contribution in [1.29, 1.82) is 0 Å². The average molecular weight is 296 g/mol. The third-order valence-electron chi connectivity index (χ3n) is 3.56. The minimum absolute atomic E-state index is 0.574. The summed E-state index contributed by atoms with van der Waals surface area (Å²) in [7, 11) is 0. The van der Waals surface area contributed by atoms with E-state index in [1.807, 2.05) is 6.92 Å². The number of aliphatic carboxylic acids is 3. The van der Waals surface area contributed by atoms with Crippen molar-refractivity contribution < 1.29 is 29.7 Å². The lowest BCUT2D eigenvalue weighted by Gasteiger charge is -2.40. The van der Waals surface area contributed by atoms with Crippen molar-refractivity contribution in [3.05, 3.63) is 36.5 Å². The Morgan fingerprint density at radius 1 is 0.810 bits per heavy atom. The second kappa shape index (κ2) is 7.42. The molecular formula is C15H20O6. The molecule has 0 unspecified atom stereocenters. The molecule has 0 atom stereocenters. The molecule has 0 saturated carbocycles. The maximum Gasteiger partial charge on any atom is 0.328 e. The third kappa shape index (κ3) is 5.64. The van der Waals surface area contributed by atoms with Crippen LogP contribution in [0.25, 0.3) is 0 Å². The largest absolute Gasteiger partial charge is 0.478 e. The van der Waals surface area contributed by atoms with Crippen LogP contribution in [0.2, 0.25) is 0 Å². The molecule has 0 saturated heterocycles. The number of hydrogen-bond acceptors (Lipinski definition) is 3. The Labute approximate surface area is 123 Å². The van der Waals surface area contributed by atoms with Gasteiger partial charge in [0.15, 0.2) is 0 Å². The van der Waals surface area contributed by atoms with Crippen molar-refractivity contribution in [3.8, 4) is 0 Å². The van der Waals surface area contributed by atoms with E-state index in [4.69, 9.17) is 15.3 Å². The lowest BCUT2D eigenvalue weighted by Crippen LogP contribution is -2.33. The summed E-state index contributed by atoms with van der Waals surface area (Å²) in [5.41, 5.74) is -1.73. The average Bonchev–Trinajstić information content (AvgIpc) is 2.37. The van der Waals surface area contributed by atoms with Gasteiger partial charge in [0.25, 0.3) is 0 Å². The highest BCUT2D eigenvalue weighted by molar-refractivity contribution is 5.82. The lowest BCUT2D eigenvalue weighted by molar-refractivity contribution is -0.132. The van der Waals surface area contributed by atoms with Gasteiger partial charge in [0.1, 0.15) is 0 Å². The molecule has 0 aliphatic rings. The summed E-state index contributed by atoms with van der Waals surface area (Å²) >= 11 is 0. The van der Waals surface area contributed by atoms with E-state index in [-0.39, 0.29) is 0 Å². The predicted molar refractivity (Wildman–Crippen MR) is 76.8 cm³/mol. The molecule has 0 aliphatic heterocycles. The highest BCUT2D eigenvalue weighted by Gasteiger charge is 2.38. The number of carbonyl (C=O) groups is 3. The SMILES string of the molecule is CCC(C)(C)C(C=CC(=O)O)(C=CC(=O)O)C=CC(=O)O. The molecule has 0 spiro atoms. The number of allylic oxidation sites excluding steroid dienone is 3. The Morgan fingerprint density at radius 2 is 1.10 bits per heavy atom.